The second-order valence-corrected chi connectivity index (χ2v) is 3.52. The average molecular weight is 220 g/mol. The third kappa shape index (κ3) is 3.77. The molecule has 0 saturated heterocycles. The van der Waals surface area contributed by atoms with Gasteiger partial charge in [0.05, 0.1) is 19.3 Å². The zero-order chi connectivity index (χ0) is 12.0. The van der Waals surface area contributed by atoms with Crippen LogP contribution in [-0.4, -0.2) is 17.7 Å². The minimum Gasteiger partial charge on any atom is -0.501 e. The number of hydrogen-bond acceptors (Lipinski definition) is 2. The first-order valence-electron chi connectivity index (χ1n) is 5.23. The van der Waals surface area contributed by atoms with Crippen LogP contribution in [0, 0.1) is 6.92 Å². The van der Waals surface area contributed by atoms with Gasteiger partial charge in [-0.1, -0.05) is 18.2 Å². The largest absolute Gasteiger partial charge is 0.501 e. The lowest BCUT2D eigenvalue weighted by Gasteiger charge is -2.03. The highest BCUT2D eigenvalue weighted by Gasteiger charge is 2.02. The maximum atomic E-state index is 10.6. The maximum absolute atomic E-state index is 10.6. The van der Waals surface area contributed by atoms with Gasteiger partial charge in [-0.3, -0.25) is 4.79 Å². The Bertz CT molecular complexity index is 394. The first-order valence-corrected chi connectivity index (χ1v) is 5.23. The molecule has 16 heavy (non-hydrogen) atoms. The van der Waals surface area contributed by atoms with Crippen molar-refractivity contribution in [2.24, 2.45) is 0 Å². The number of aryl methyl sites for hydroxylation is 1. The van der Waals surface area contributed by atoms with Crippen molar-refractivity contribution in [1.29, 1.82) is 0 Å². The zero-order valence-electron chi connectivity index (χ0n) is 9.56. The van der Waals surface area contributed by atoms with Gasteiger partial charge in [-0.05, 0) is 36.6 Å². The van der Waals surface area contributed by atoms with Crippen LogP contribution in [0.5, 0.6) is 0 Å². The van der Waals surface area contributed by atoms with Crippen molar-refractivity contribution in [3.8, 4) is 0 Å². The van der Waals surface area contributed by atoms with Crippen molar-refractivity contribution in [1.82, 2.24) is 0 Å². The van der Waals surface area contributed by atoms with Gasteiger partial charge >= 0.3 is 5.97 Å². The predicted molar refractivity (Wildman–Crippen MR) is 63.2 cm³/mol. The van der Waals surface area contributed by atoms with Gasteiger partial charge in [0.2, 0.25) is 0 Å². The SMILES string of the molecule is CCO/C=C/c1cc(CC(=O)O)ccc1C. The highest BCUT2D eigenvalue weighted by Crippen LogP contribution is 2.13. The molecule has 0 fully saturated rings. The molecule has 0 radical (unpaired) electrons. The summed E-state index contributed by atoms with van der Waals surface area (Å²) in [5.41, 5.74) is 2.89. The van der Waals surface area contributed by atoms with E-state index in [9.17, 15) is 4.79 Å². The molecular weight excluding hydrogens is 204 g/mol. The highest BCUT2D eigenvalue weighted by atomic mass is 16.5. The van der Waals surface area contributed by atoms with E-state index in [2.05, 4.69) is 0 Å². The van der Waals surface area contributed by atoms with E-state index in [0.29, 0.717) is 6.61 Å². The number of hydrogen-bond donors (Lipinski definition) is 1. The minimum atomic E-state index is -0.816. The van der Waals surface area contributed by atoms with E-state index in [1.807, 2.05) is 38.1 Å². The summed E-state index contributed by atoms with van der Waals surface area (Å²) in [6.45, 7) is 4.53. The number of aliphatic carboxylic acids is 1. The van der Waals surface area contributed by atoms with Crippen molar-refractivity contribution in [2.45, 2.75) is 20.3 Å². The molecule has 1 aromatic carbocycles. The molecule has 0 aliphatic rings. The van der Waals surface area contributed by atoms with Gasteiger partial charge in [-0.25, -0.2) is 0 Å². The molecule has 1 aromatic rings. The van der Waals surface area contributed by atoms with E-state index < -0.39 is 5.97 Å². The standard InChI is InChI=1S/C13H16O3/c1-3-16-7-6-12-8-11(9-13(14)15)5-4-10(12)2/h4-8H,3,9H2,1-2H3,(H,14,15)/b7-6+. The fraction of sp³-hybridized carbons (Fsp3) is 0.308. The summed E-state index contributed by atoms with van der Waals surface area (Å²) in [6, 6.07) is 5.63. The molecule has 0 bridgehead atoms. The second kappa shape index (κ2) is 5.95. The van der Waals surface area contributed by atoms with Gasteiger partial charge in [0.1, 0.15) is 0 Å². The third-order valence-electron chi connectivity index (χ3n) is 2.21. The normalized spacial score (nSPS) is 10.6. The smallest absolute Gasteiger partial charge is 0.307 e. The van der Waals surface area contributed by atoms with Crippen molar-refractivity contribution < 1.29 is 14.6 Å². The van der Waals surface area contributed by atoms with Gasteiger partial charge in [-0.15, -0.1) is 0 Å². The number of benzene rings is 1. The summed E-state index contributed by atoms with van der Waals surface area (Å²) in [5.74, 6) is -0.816. The first-order chi connectivity index (χ1) is 7.63. The lowest BCUT2D eigenvalue weighted by Crippen LogP contribution is -2.00. The third-order valence-corrected chi connectivity index (χ3v) is 2.21. The van der Waals surface area contributed by atoms with Crippen LogP contribution in [0.3, 0.4) is 0 Å². The Morgan fingerprint density at radius 2 is 2.25 bits per heavy atom. The van der Waals surface area contributed by atoms with Crippen LogP contribution < -0.4 is 0 Å². The monoisotopic (exact) mass is 220 g/mol. The van der Waals surface area contributed by atoms with E-state index in [0.717, 1.165) is 16.7 Å². The Morgan fingerprint density at radius 1 is 1.50 bits per heavy atom. The Morgan fingerprint density at radius 3 is 2.88 bits per heavy atom. The van der Waals surface area contributed by atoms with Crippen molar-refractivity contribution in [3.63, 3.8) is 0 Å². The van der Waals surface area contributed by atoms with Crippen LogP contribution in [-0.2, 0) is 16.0 Å². The number of carbonyl (C=O) groups is 1. The van der Waals surface area contributed by atoms with Crippen molar-refractivity contribution in [2.75, 3.05) is 6.61 Å². The molecule has 0 heterocycles. The van der Waals surface area contributed by atoms with E-state index >= 15 is 0 Å². The molecule has 0 amide bonds. The molecule has 86 valence electrons. The van der Waals surface area contributed by atoms with Gasteiger partial charge in [0.15, 0.2) is 0 Å². The quantitative estimate of drug-likeness (QED) is 0.776. The second-order valence-electron chi connectivity index (χ2n) is 3.52. The summed E-state index contributed by atoms with van der Waals surface area (Å²) < 4.78 is 5.12. The van der Waals surface area contributed by atoms with Gasteiger partial charge in [0.25, 0.3) is 0 Å². The first kappa shape index (κ1) is 12.3. The van der Waals surface area contributed by atoms with Crippen molar-refractivity contribution in [3.05, 3.63) is 41.2 Å². The fourth-order valence-corrected chi connectivity index (χ4v) is 1.37. The number of carboxylic acids is 1. The highest BCUT2D eigenvalue weighted by molar-refractivity contribution is 5.70. The Kier molecular flexibility index (Phi) is 4.58. The molecule has 0 aromatic heterocycles. The van der Waals surface area contributed by atoms with Crippen LogP contribution in [0.15, 0.2) is 24.5 Å². The molecule has 3 nitrogen and oxygen atoms in total. The molecule has 3 heteroatoms. The number of ether oxygens (including phenoxy) is 1. The lowest BCUT2D eigenvalue weighted by molar-refractivity contribution is -0.136. The topological polar surface area (TPSA) is 46.5 Å². The molecule has 0 aliphatic heterocycles. The Hall–Kier alpha value is -1.77. The molecule has 1 rings (SSSR count). The Labute approximate surface area is 95.4 Å². The minimum absolute atomic E-state index is 0.0513. The van der Waals surface area contributed by atoms with Gasteiger partial charge in [-0.2, -0.15) is 0 Å². The van der Waals surface area contributed by atoms with E-state index in [1.165, 1.54) is 0 Å². The average Bonchev–Trinajstić information content (AvgIpc) is 2.22. The van der Waals surface area contributed by atoms with Gasteiger partial charge in [0, 0.05) is 0 Å². The molecule has 0 spiro atoms. The van der Waals surface area contributed by atoms with Crippen molar-refractivity contribution >= 4 is 12.0 Å². The molecule has 0 aliphatic carbocycles. The summed E-state index contributed by atoms with van der Waals surface area (Å²) in [7, 11) is 0. The van der Waals surface area contributed by atoms with E-state index in [-0.39, 0.29) is 6.42 Å². The number of rotatable bonds is 5. The molecule has 0 saturated carbocycles. The van der Waals surface area contributed by atoms with Crippen LogP contribution >= 0.6 is 0 Å². The zero-order valence-corrected chi connectivity index (χ0v) is 9.56. The summed E-state index contributed by atoms with van der Waals surface area (Å²) in [4.78, 5) is 10.6. The summed E-state index contributed by atoms with van der Waals surface area (Å²) >= 11 is 0. The lowest BCUT2D eigenvalue weighted by atomic mass is 10.0. The predicted octanol–water partition coefficient (Wildman–Crippen LogP) is 2.63. The van der Waals surface area contributed by atoms with Crippen LogP contribution in [0.25, 0.3) is 6.08 Å². The summed E-state index contributed by atoms with van der Waals surface area (Å²) in [5, 5.41) is 8.70. The van der Waals surface area contributed by atoms with E-state index in [4.69, 9.17) is 9.84 Å². The van der Waals surface area contributed by atoms with E-state index in [1.54, 1.807) is 6.26 Å². The molecule has 0 atom stereocenters. The summed E-state index contributed by atoms with van der Waals surface area (Å²) in [6.07, 6.45) is 3.53. The fourth-order valence-electron chi connectivity index (χ4n) is 1.37. The maximum Gasteiger partial charge on any atom is 0.307 e. The van der Waals surface area contributed by atoms with Crippen LogP contribution in [0.1, 0.15) is 23.6 Å². The van der Waals surface area contributed by atoms with Crippen LogP contribution in [0.2, 0.25) is 0 Å². The van der Waals surface area contributed by atoms with Gasteiger partial charge < -0.3 is 9.84 Å². The Balaban J connectivity index is 2.85. The molecular formula is C13H16O3. The molecule has 1 N–H and O–H groups in total. The molecule has 0 unspecified atom stereocenters. The number of carboxylic acid groups (broad SMARTS) is 1. The van der Waals surface area contributed by atoms with Crippen LogP contribution in [0.4, 0.5) is 0 Å².